The maximum absolute atomic E-state index is 12.7. The van der Waals surface area contributed by atoms with Crippen LogP contribution in [0.25, 0.3) is 0 Å². The van der Waals surface area contributed by atoms with Gasteiger partial charge in [0.1, 0.15) is 5.82 Å². The van der Waals surface area contributed by atoms with E-state index in [0.717, 1.165) is 44.8 Å². The Balaban J connectivity index is 1.61. The zero-order chi connectivity index (χ0) is 19.1. The minimum Gasteiger partial charge on any atom is -0.383 e. The molecule has 1 aromatic carbocycles. The number of aromatic nitrogens is 2. The Labute approximate surface area is 161 Å². The number of likely N-dealkylation sites (N-methyl/N-ethyl adjacent to an activating group) is 1. The van der Waals surface area contributed by atoms with Crippen LogP contribution in [0.1, 0.15) is 30.1 Å². The molecule has 1 aromatic heterocycles. The van der Waals surface area contributed by atoms with Gasteiger partial charge < -0.3 is 14.2 Å². The molecule has 3 rings (SSSR count). The fraction of sp³-hybridized carbons (Fsp3) is 0.524. The van der Waals surface area contributed by atoms with Crippen molar-refractivity contribution in [1.29, 1.82) is 0 Å². The Morgan fingerprint density at radius 1 is 1.33 bits per heavy atom. The van der Waals surface area contributed by atoms with Gasteiger partial charge in [-0.1, -0.05) is 30.3 Å². The van der Waals surface area contributed by atoms with Crippen LogP contribution < -0.4 is 0 Å². The Kier molecular flexibility index (Phi) is 7.01. The van der Waals surface area contributed by atoms with E-state index in [2.05, 4.69) is 33.8 Å². The average molecular weight is 370 g/mol. The number of hydrogen-bond donors (Lipinski definition) is 0. The number of likely N-dealkylation sites (tertiary alicyclic amines) is 1. The number of methoxy groups -OCH3 is 1. The van der Waals surface area contributed by atoms with E-state index in [4.69, 9.17) is 4.74 Å². The summed E-state index contributed by atoms with van der Waals surface area (Å²) in [5.74, 6) is 1.58. The molecule has 0 unspecified atom stereocenters. The summed E-state index contributed by atoms with van der Waals surface area (Å²) in [4.78, 5) is 21.3. The number of imidazole rings is 1. The van der Waals surface area contributed by atoms with E-state index in [1.807, 2.05) is 35.3 Å². The minimum absolute atomic E-state index is 0.194. The lowest BCUT2D eigenvalue weighted by Gasteiger charge is -2.33. The van der Waals surface area contributed by atoms with Gasteiger partial charge in [0, 0.05) is 51.6 Å². The summed E-state index contributed by atoms with van der Waals surface area (Å²) in [6.45, 7) is 4.26. The number of ether oxygens (including phenoxy) is 1. The molecule has 2 aromatic rings. The van der Waals surface area contributed by atoms with Crippen molar-refractivity contribution >= 4 is 5.91 Å². The van der Waals surface area contributed by atoms with Crippen molar-refractivity contribution in [3.8, 4) is 0 Å². The Morgan fingerprint density at radius 2 is 2.15 bits per heavy atom. The summed E-state index contributed by atoms with van der Waals surface area (Å²) in [7, 11) is 3.65. The number of nitrogens with zero attached hydrogens (tertiary/aromatic N) is 4. The van der Waals surface area contributed by atoms with Crippen molar-refractivity contribution in [2.24, 2.45) is 0 Å². The topological polar surface area (TPSA) is 50.6 Å². The zero-order valence-electron chi connectivity index (χ0n) is 16.4. The minimum atomic E-state index is 0.194. The van der Waals surface area contributed by atoms with E-state index in [0.29, 0.717) is 19.1 Å². The third-order valence-electron chi connectivity index (χ3n) is 5.16. The van der Waals surface area contributed by atoms with Crippen molar-refractivity contribution in [2.75, 3.05) is 46.9 Å². The van der Waals surface area contributed by atoms with Gasteiger partial charge in [-0.2, -0.15) is 0 Å². The molecule has 6 heteroatoms. The molecule has 1 aliphatic heterocycles. The molecule has 146 valence electrons. The molecule has 0 N–H and O–H groups in total. The Morgan fingerprint density at radius 3 is 2.93 bits per heavy atom. The molecular formula is C21H30N4O2. The van der Waals surface area contributed by atoms with Gasteiger partial charge in [-0.05, 0) is 25.5 Å². The van der Waals surface area contributed by atoms with Crippen LogP contribution in [0.2, 0.25) is 0 Å². The first-order chi connectivity index (χ1) is 13.2. The SMILES string of the molecule is COCCN(C)CC(=O)N1CCC[C@H](c2nccn2Cc2ccccc2)C1. The van der Waals surface area contributed by atoms with Crippen LogP contribution >= 0.6 is 0 Å². The van der Waals surface area contributed by atoms with Gasteiger partial charge in [0.05, 0.1) is 13.2 Å². The molecule has 0 saturated carbocycles. The lowest BCUT2D eigenvalue weighted by atomic mass is 9.97. The molecule has 0 bridgehead atoms. The maximum atomic E-state index is 12.7. The van der Waals surface area contributed by atoms with E-state index in [1.54, 1.807) is 7.11 Å². The molecule has 27 heavy (non-hydrogen) atoms. The van der Waals surface area contributed by atoms with Gasteiger partial charge in [-0.3, -0.25) is 9.69 Å². The summed E-state index contributed by atoms with van der Waals surface area (Å²) in [6, 6.07) is 10.4. The first-order valence-electron chi connectivity index (χ1n) is 9.67. The zero-order valence-corrected chi connectivity index (χ0v) is 16.4. The van der Waals surface area contributed by atoms with Crippen LogP contribution in [0, 0.1) is 0 Å². The van der Waals surface area contributed by atoms with Crippen LogP contribution in [0.5, 0.6) is 0 Å². The maximum Gasteiger partial charge on any atom is 0.236 e. The molecular weight excluding hydrogens is 340 g/mol. The van der Waals surface area contributed by atoms with Gasteiger partial charge in [0.25, 0.3) is 0 Å². The summed E-state index contributed by atoms with van der Waals surface area (Å²) >= 11 is 0. The smallest absolute Gasteiger partial charge is 0.236 e. The van der Waals surface area contributed by atoms with Crippen molar-refractivity contribution in [2.45, 2.75) is 25.3 Å². The lowest BCUT2D eigenvalue weighted by molar-refractivity contribution is -0.133. The summed E-state index contributed by atoms with van der Waals surface area (Å²) in [5.41, 5.74) is 1.26. The molecule has 6 nitrogen and oxygen atoms in total. The number of amides is 1. The first-order valence-corrected chi connectivity index (χ1v) is 9.67. The van der Waals surface area contributed by atoms with E-state index in [-0.39, 0.29) is 5.91 Å². The predicted octanol–water partition coefficient (Wildman–Crippen LogP) is 2.22. The number of hydrogen-bond acceptors (Lipinski definition) is 4. The van der Waals surface area contributed by atoms with Crippen molar-refractivity contribution in [3.05, 3.63) is 54.1 Å². The second-order valence-electron chi connectivity index (χ2n) is 7.31. The normalized spacial score (nSPS) is 17.4. The molecule has 0 radical (unpaired) electrons. The molecule has 1 fully saturated rings. The fourth-order valence-electron chi connectivity index (χ4n) is 3.67. The van der Waals surface area contributed by atoms with Gasteiger partial charge in [0.2, 0.25) is 5.91 Å². The number of piperidine rings is 1. The van der Waals surface area contributed by atoms with Crippen molar-refractivity contribution < 1.29 is 9.53 Å². The molecule has 1 atom stereocenters. The molecule has 1 saturated heterocycles. The standard InChI is InChI=1S/C21H30N4O2/c1-23(13-14-27-2)17-20(26)24-11-6-9-19(16-24)21-22-10-12-25(21)15-18-7-4-3-5-8-18/h3-5,7-8,10,12,19H,6,9,11,13-17H2,1-2H3/t19-/m0/s1. The van der Waals surface area contributed by atoms with Crippen LogP contribution in [0.15, 0.2) is 42.7 Å². The summed E-state index contributed by atoms with van der Waals surface area (Å²) in [6.07, 6.45) is 6.02. The number of rotatable bonds is 8. The third-order valence-corrected chi connectivity index (χ3v) is 5.16. The highest BCUT2D eigenvalue weighted by molar-refractivity contribution is 5.78. The third kappa shape index (κ3) is 5.40. The molecule has 0 spiro atoms. The molecule has 1 amide bonds. The van der Waals surface area contributed by atoms with Gasteiger partial charge in [0.15, 0.2) is 0 Å². The van der Waals surface area contributed by atoms with E-state index >= 15 is 0 Å². The number of benzene rings is 1. The van der Waals surface area contributed by atoms with Gasteiger partial charge in [-0.25, -0.2) is 4.98 Å². The fourth-order valence-corrected chi connectivity index (χ4v) is 3.67. The second-order valence-corrected chi connectivity index (χ2v) is 7.31. The quantitative estimate of drug-likeness (QED) is 0.715. The highest BCUT2D eigenvalue weighted by atomic mass is 16.5. The largest absolute Gasteiger partial charge is 0.383 e. The first kappa shape index (κ1) is 19.6. The Bertz CT molecular complexity index is 716. The Hall–Kier alpha value is -2.18. The van der Waals surface area contributed by atoms with E-state index in [9.17, 15) is 4.79 Å². The van der Waals surface area contributed by atoms with Gasteiger partial charge >= 0.3 is 0 Å². The van der Waals surface area contributed by atoms with Gasteiger partial charge in [-0.15, -0.1) is 0 Å². The highest BCUT2D eigenvalue weighted by Gasteiger charge is 2.27. The van der Waals surface area contributed by atoms with Crippen LogP contribution in [0.3, 0.4) is 0 Å². The average Bonchev–Trinajstić information content (AvgIpc) is 3.15. The number of carbonyl (C=O) groups is 1. The van der Waals surface area contributed by atoms with E-state index in [1.165, 1.54) is 5.56 Å². The van der Waals surface area contributed by atoms with Crippen molar-refractivity contribution in [1.82, 2.24) is 19.4 Å². The van der Waals surface area contributed by atoms with Crippen LogP contribution in [-0.2, 0) is 16.1 Å². The van der Waals surface area contributed by atoms with E-state index < -0.39 is 0 Å². The van der Waals surface area contributed by atoms with Crippen LogP contribution in [0.4, 0.5) is 0 Å². The molecule has 0 aliphatic carbocycles. The monoisotopic (exact) mass is 370 g/mol. The van der Waals surface area contributed by atoms with Crippen molar-refractivity contribution in [3.63, 3.8) is 0 Å². The highest BCUT2D eigenvalue weighted by Crippen LogP contribution is 2.26. The van der Waals surface area contributed by atoms with Crippen LogP contribution in [-0.4, -0.2) is 72.2 Å². The number of carbonyl (C=O) groups excluding carboxylic acids is 1. The summed E-state index contributed by atoms with van der Waals surface area (Å²) in [5, 5.41) is 0. The lowest BCUT2D eigenvalue weighted by Crippen LogP contribution is -2.44. The predicted molar refractivity (Wildman–Crippen MR) is 106 cm³/mol. The summed E-state index contributed by atoms with van der Waals surface area (Å²) < 4.78 is 7.31. The molecule has 2 heterocycles. The molecule has 1 aliphatic rings. The second kappa shape index (κ2) is 9.67.